The summed E-state index contributed by atoms with van der Waals surface area (Å²) in [6, 6.07) is 4.92. The third-order valence-corrected chi connectivity index (χ3v) is 6.90. The van der Waals surface area contributed by atoms with Crippen molar-refractivity contribution in [1.29, 1.82) is 0 Å². The first-order valence-corrected chi connectivity index (χ1v) is 12.5. The van der Waals surface area contributed by atoms with Crippen LogP contribution < -0.4 is 5.73 Å². The Bertz CT molecular complexity index is 1470. The maximum atomic E-state index is 13.1. The van der Waals surface area contributed by atoms with Crippen LogP contribution in [0.25, 0.3) is 17.1 Å². The molecule has 0 saturated heterocycles. The number of alkyl halides is 3. The zero-order chi connectivity index (χ0) is 27.4. The first kappa shape index (κ1) is 26.2. The first-order chi connectivity index (χ1) is 17.8. The Labute approximate surface area is 222 Å². The Morgan fingerprint density at radius 1 is 1.13 bits per heavy atom. The van der Waals surface area contributed by atoms with Crippen LogP contribution in [-0.2, 0) is 24.7 Å². The molecule has 3 aromatic rings. The Morgan fingerprint density at radius 2 is 1.82 bits per heavy atom. The van der Waals surface area contributed by atoms with Gasteiger partial charge in [-0.1, -0.05) is 23.7 Å². The first-order valence-electron chi connectivity index (χ1n) is 12.2. The van der Waals surface area contributed by atoms with Crippen molar-refractivity contribution in [2.45, 2.75) is 58.4 Å². The van der Waals surface area contributed by atoms with Crippen LogP contribution >= 0.6 is 11.6 Å². The average Bonchev–Trinajstić information content (AvgIpc) is 3.49. The van der Waals surface area contributed by atoms with Crippen LogP contribution in [0.1, 0.15) is 49.2 Å². The maximum Gasteiger partial charge on any atom is 0.416 e. The van der Waals surface area contributed by atoms with Gasteiger partial charge >= 0.3 is 6.18 Å². The Kier molecular flexibility index (Phi) is 6.47. The number of nitrogens with zero attached hydrogens (tertiary/aromatic N) is 6. The lowest BCUT2D eigenvalue weighted by molar-refractivity contribution is -0.137. The van der Waals surface area contributed by atoms with E-state index in [1.807, 2.05) is 0 Å². The van der Waals surface area contributed by atoms with E-state index in [9.17, 15) is 18.3 Å². The third-order valence-electron chi connectivity index (χ3n) is 6.45. The van der Waals surface area contributed by atoms with Gasteiger partial charge < -0.3 is 10.8 Å². The van der Waals surface area contributed by atoms with Crippen molar-refractivity contribution in [1.82, 2.24) is 19.6 Å². The standard InChI is InChI=1S/C26H27ClF3N7O/c1-14-21(27)23(25(2,3)38)37(34-14)20-12-19(31)33-24-18(10-11-32-20)22(35-36(24)13-15-4-5-15)16-6-8-17(9-7-16)26(28,29)30/h6-9,11-12,15,38H,4-5,10,13H2,1-3H3,(H2,31,33). The molecule has 0 bridgehead atoms. The number of benzene rings is 1. The molecule has 1 aliphatic heterocycles. The van der Waals surface area contributed by atoms with Crippen molar-refractivity contribution >= 4 is 35.3 Å². The smallest absolute Gasteiger partial charge is 0.384 e. The Hall–Kier alpha value is -3.44. The molecule has 0 unspecified atom stereocenters. The van der Waals surface area contributed by atoms with Gasteiger partial charge in [0.1, 0.15) is 11.4 Å². The van der Waals surface area contributed by atoms with Gasteiger partial charge in [-0.25, -0.2) is 19.3 Å². The number of hydrogen-bond donors (Lipinski definition) is 2. The van der Waals surface area contributed by atoms with Crippen molar-refractivity contribution in [3.63, 3.8) is 0 Å². The summed E-state index contributed by atoms with van der Waals surface area (Å²) in [7, 11) is 0. The number of amidine groups is 1. The molecule has 1 aromatic carbocycles. The summed E-state index contributed by atoms with van der Waals surface area (Å²) in [6.07, 6.45) is 1.20. The zero-order valence-corrected chi connectivity index (χ0v) is 21.8. The number of halogens is 4. The number of aliphatic hydroxyl groups is 1. The second kappa shape index (κ2) is 9.39. The van der Waals surface area contributed by atoms with Crippen molar-refractivity contribution in [2.75, 3.05) is 0 Å². The van der Waals surface area contributed by atoms with E-state index in [4.69, 9.17) is 22.4 Å². The van der Waals surface area contributed by atoms with E-state index in [1.54, 1.807) is 31.7 Å². The van der Waals surface area contributed by atoms with Gasteiger partial charge in [0.15, 0.2) is 11.6 Å². The van der Waals surface area contributed by atoms with Crippen LogP contribution in [0, 0.1) is 12.8 Å². The molecule has 0 amide bonds. The summed E-state index contributed by atoms with van der Waals surface area (Å²) in [5, 5.41) is 20.3. The molecular formula is C26H27ClF3N7O. The molecule has 5 rings (SSSR count). The van der Waals surface area contributed by atoms with Crippen LogP contribution in [0.5, 0.6) is 0 Å². The van der Waals surface area contributed by atoms with E-state index in [0.29, 0.717) is 57.3 Å². The highest BCUT2D eigenvalue weighted by atomic mass is 35.5. The van der Waals surface area contributed by atoms with Crippen molar-refractivity contribution < 1.29 is 18.3 Å². The summed E-state index contributed by atoms with van der Waals surface area (Å²) in [5.41, 5.74) is 6.94. The van der Waals surface area contributed by atoms with Gasteiger partial charge in [-0.05, 0) is 51.7 Å². The van der Waals surface area contributed by atoms with Crippen LogP contribution in [0.15, 0.2) is 40.3 Å². The maximum absolute atomic E-state index is 13.1. The normalized spacial score (nSPS) is 16.4. The minimum Gasteiger partial charge on any atom is -0.384 e. The highest BCUT2D eigenvalue weighted by molar-refractivity contribution is 6.32. The fourth-order valence-electron chi connectivity index (χ4n) is 4.40. The monoisotopic (exact) mass is 545 g/mol. The Balaban J connectivity index is 1.61. The van der Waals surface area contributed by atoms with Crippen LogP contribution in [-0.4, -0.2) is 36.7 Å². The summed E-state index contributed by atoms with van der Waals surface area (Å²) < 4.78 is 42.6. The zero-order valence-electron chi connectivity index (χ0n) is 21.1. The highest BCUT2D eigenvalue weighted by Gasteiger charge is 2.32. The summed E-state index contributed by atoms with van der Waals surface area (Å²) in [4.78, 5) is 9.24. The van der Waals surface area contributed by atoms with Gasteiger partial charge in [-0.3, -0.25) is 0 Å². The topological polar surface area (TPSA) is 107 Å². The van der Waals surface area contributed by atoms with Crippen LogP contribution in [0.3, 0.4) is 0 Å². The lowest BCUT2D eigenvalue weighted by Crippen LogP contribution is -2.22. The lowest BCUT2D eigenvalue weighted by Gasteiger charge is -2.19. The lowest BCUT2D eigenvalue weighted by atomic mass is 10.0. The van der Waals surface area contributed by atoms with Gasteiger partial charge in [0, 0.05) is 36.4 Å². The highest BCUT2D eigenvalue weighted by Crippen LogP contribution is 2.38. The molecule has 200 valence electrons. The van der Waals surface area contributed by atoms with Crippen molar-refractivity contribution in [2.24, 2.45) is 21.6 Å². The molecule has 1 fully saturated rings. The van der Waals surface area contributed by atoms with Gasteiger partial charge in [-0.15, -0.1) is 0 Å². The van der Waals surface area contributed by atoms with Gasteiger partial charge in [-0.2, -0.15) is 23.4 Å². The second-order valence-electron chi connectivity index (χ2n) is 10.1. The van der Waals surface area contributed by atoms with E-state index >= 15 is 0 Å². The molecule has 2 aliphatic rings. The average molecular weight is 546 g/mol. The molecule has 0 spiro atoms. The fraction of sp³-hybridized carbons (Fsp3) is 0.385. The van der Waals surface area contributed by atoms with E-state index in [-0.39, 0.29) is 12.3 Å². The molecule has 38 heavy (non-hydrogen) atoms. The van der Waals surface area contributed by atoms with Crippen LogP contribution in [0.2, 0.25) is 5.02 Å². The van der Waals surface area contributed by atoms with Crippen LogP contribution in [0.4, 0.5) is 19.0 Å². The number of aliphatic imine (C=N–C) groups is 2. The number of hydrogen-bond acceptors (Lipinski definition) is 6. The van der Waals surface area contributed by atoms with Gasteiger partial charge in [0.05, 0.1) is 27.7 Å². The van der Waals surface area contributed by atoms with E-state index in [0.717, 1.165) is 25.0 Å². The predicted octanol–water partition coefficient (Wildman–Crippen LogP) is 5.48. The molecule has 3 N–H and O–H groups in total. The molecular weight excluding hydrogens is 519 g/mol. The fourth-order valence-corrected chi connectivity index (χ4v) is 4.75. The van der Waals surface area contributed by atoms with E-state index in [2.05, 4.69) is 15.1 Å². The minimum atomic E-state index is -4.43. The number of aryl methyl sites for hydroxylation is 1. The number of nitrogens with two attached hydrogens (primary N) is 1. The molecule has 8 nitrogen and oxygen atoms in total. The summed E-state index contributed by atoms with van der Waals surface area (Å²) in [5.74, 6) is 1.43. The quantitative estimate of drug-likeness (QED) is 0.443. The molecule has 1 aliphatic carbocycles. The van der Waals surface area contributed by atoms with Gasteiger partial charge in [0.25, 0.3) is 0 Å². The number of rotatable bonds is 5. The van der Waals surface area contributed by atoms with E-state index < -0.39 is 17.3 Å². The largest absolute Gasteiger partial charge is 0.416 e. The predicted molar refractivity (Wildman–Crippen MR) is 140 cm³/mol. The molecule has 0 radical (unpaired) electrons. The van der Waals surface area contributed by atoms with E-state index in [1.165, 1.54) is 22.9 Å². The van der Waals surface area contributed by atoms with Gasteiger partial charge in [0.2, 0.25) is 0 Å². The molecule has 3 heterocycles. The van der Waals surface area contributed by atoms with Crippen molar-refractivity contribution in [3.05, 3.63) is 57.9 Å². The SMILES string of the molecule is Cc1nn(C2=CC(N)=Nc3c(c(-c4ccc(C(F)(F)F)cc4)nn3CC3CC3)CC=N2)c(C(C)(C)O)c1Cl. The number of aromatic nitrogens is 4. The number of fused-ring (bicyclic) bond motifs is 1. The summed E-state index contributed by atoms with van der Waals surface area (Å²) >= 11 is 6.45. The second-order valence-corrected chi connectivity index (χ2v) is 10.5. The Morgan fingerprint density at radius 3 is 2.42 bits per heavy atom. The molecule has 12 heteroatoms. The minimum absolute atomic E-state index is 0.127. The third kappa shape index (κ3) is 5.12. The molecule has 0 atom stereocenters. The summed E-state index contributed by atoms with van der Waals surface area (Å²) in [6.45, 7) is 5.55. The molecule has 2 aromatic heterocycles. The molecule has 1 saturated carbocycles. The van der Waals surface area contributed by atoms with Crippen molar-refractivity contribution in [3.8, 4) is 11.3 Å².